The van der Waals surface area contributed by atoms with E-state index < -0.39 is 0 Å². The first-order valence-corrected chi connectivity index (χ1v) is 18.5. The third-order valence-electron chi connectivity index (χ3n) is 11.0. The van der Waals surface area contributed by atoms with E-state index >= 15 is 0 Å². The van der Waals surface area contributed by atoms with E-state index in [0.717, 1.165) is 44.3 Å². The van der Waals surface area contributed by atoms with Gasteiger partial charge >= 0.3 is 0 Å². The molecule has 2 aromatic heterocycles. The van der Waals surface area contributed by atoms with Gasteiger partial charge in [-0.1, -0.05) is 170 Å². The van der Waals surface area contributed by atoms with Gasteiger partial charge in [0.1, 0.15) is 0 Å². The maximum absolute atomic E-state index is 5.32. The Kier molecular flexibility index (Phi) is 6.90. The number of hydrogen-bond acceptors (Lipinski definition) is 2. The van der Waals surface area contributed by atoms with E-state index in [9.17, 15) is 0 Å². The Bertz CT molecular complexity index is 3240. The van der Waals surface area contributed by atoms with E-state index in [-0.39, 0.29) is 0 Å². The highest BCUT2D eigenvalue weighted by Crippen LogP contribution is 2.40. The average Bonchev–Trinajstić information content (AvgIpc) is 3.26. The van der Waals surface area contributed by atoms with Crippen molar-refractivity contribution in [1.82, 2.24) is 9.97 Å². The number of benzene rings is 9. The van der Waals surface area contributed by atoms with E-state index in [4.69, 9.17) is 9.97 Å². The lowest BCUT2D eigenvalue weighted by molar-refractivity contribution is 1.37. The van der Waals surface area contributed by atoms with Crippen molar-refractivity contribution in [3.63, 3.8) is 0 Å². The number of hydrogen-bond donors (Lipinski definition) is 0. The smallest absolute Gasteiger partial charge is 0.0972 e. The van der Waals surface area contributed by atoms with Crippen molar-refractivity contribution in [1.29, 1.82) is 0 Å². The van der Waals surface area contributed by atoms with Gasteiger partial charge in [-0.15, -0.1) is 0 Å². The summed E-state index contributed by atoms with van der Waals surface area (Å²) in [5.74, 6) is 0. The molecular weight excluding hydrogens is 653 g/mol. The predicted octanol–water partition coefficient (Wildman–Crippen LogP) is 14.1. The van der Waals surface area contributed by atoms with Crippen LogP contribution >= 0.6 is 0 Å². The zero-order chi connectivity index (χ0) is 35.6. The molecule has 0 saturated heterocycles. The van der Waals surface area contributed by atoms with Crippen molar-refractivity contribution in [3.05, 3.63) is 194 Å². The van der Waals surface area contributed by atoms with E-state index in [1.54, 1.807) is 0 Å². The van der Waals surface area contributed by atoms with Gasteiger partial charge in [0.15, 0.2) is 0 Å². The van der Waals surface area contributed by atoms with Gasteiger partial charge in [0.25, 0.3) is 0 Å². The van der Waals surface area contributed by atoms with Gasteiger partial charge in [-0.2, -0.15) is 0 Å². The minimum atomic E-state index is 0.916. The van der Waals surface area contributed by atoms with Crippen LogP contribution in [0.2, 0.25) is 0 Å². The zero-order valence-corrected chi connectivity index (χ0v) is 29.4. The third-order valence-corrected chi connectivity index (χ3v) is 11.0. The lowest BCUT2D eigenvalue weighted by Crippen LogP contribution is -1.92. The summed E-state index contributed by atoms with van der Waals surface area (Å²) in [5, 5.41) is 12.3. The largest absolute Gasteiger partial charge is 0.245 e. The van der Waals surface area contributed by atoms with Gasteiger partial charge in [-0.3, -0.25) is 0 Å². The third kappa shape index (κ3) is 4.88. The fourth-order valence-corrected chi connectivity index (χ4v) is 8.42. The van der Waals surface area contributed by atoms with E-state index in [2.05, 4.69) is 188 Å². The quantitative estimate of drug-likeness (QED) is 0.172. The molecular formula is C52H32N2. The Morgan fingerprint density at radius 3 is 1.39 bits per heavy atom. The van der Waals surface area contributed by atoms with Gasteiger partial charge in [0.05, 0.1) is 22.4 Å². The lowest BCUT2D eigenvalue weighted by Gasteiger charge is -2.14. The highest BCUT2D eigenvalue weighted by Gasteiger charge is 2.15. The van der Waals surface area contributed by atoms with E-state index in [1.165, 1.54) is 65.3 Å². The van der Waals surface area contributed by atoms with Crippen LogP contribution in [0.3, 0.4) is 0 Å². The minimum absolute atomic E-state index is 0.916. The fourth-order valence-electron chi connectivity index (χ4n) is 8.42. The molecule has 2 nitrogen and oxygen atoms in total. The Morgan fingerprint density at radius 2 is 0.704 bits per heavy atom. The van der Waals surface area contributed by atoms with Crippen LogP contribution in [-0.4, -0.2) is 9.97 Å². The Morgan fingerprint density at radius 1 is 0.241 bits per heavy atom. The van der Waals surface area contributed by atoms with Gasteiger partial charge < -0.3 is 0 Å². The summed E-state index contributed by atoms with van der Waals surface area (Å²) in [6.07, 6.45) is 0. The summed E-state index contributed by atoms with van der Waals surface area (Å²) in [6.45, 7) is 0. The van der Waals surface area contributed by atoms with Gasteiger partial charge in [0.2, 0.25) is 0 Å². The summed E-state index contributed by atoms with van der Waals surface area (Å²) in [5.41, 5.74) is 10.7. The first-order chi connectivity index (χ1) is 26.8. The Balaban J connectivity index is 1.03. The lowest BCUT2D eigenvalue weighted by atomic mass is 9.90. The molecule has 0 amide bonds. The molecule has 0 fully saturated rings. The summed E-state index contributed by atoms with van der Waals surface area (Å²) >= 11 is 0. The molecule has 11 rings (SSSR count). The number of aromatic nitrogens is 2. The van der Waals surface area contributed by atoms with E-state index in [1.807, 2.05) is 6.07 Å². The SMILES string of the molecule is c1ccc(-c2ccc3ccc4ccc(-c5ccc(-c6cccc(-c7ccc8c9ccccc9c9ccccc9c8c7)c6)c6ccccc56)nc4c3n2)cc1. The molecule has 0 saturated carbocycles. The summed E-state index contributed by atoms with van der Waals surface area (Å²) in [6, 6.07) is 69.9. The fraction of sp³-hybridized carbons (Fsp3) is 0. The molecule has 2 heteroatoms. The van der Waals surface area contributed by atoms with Crippen LogP contribution in [0.25, 0.3) is 110 Å². The highest BCUT2D eigenvalue weighted by molar-refractivity contribution is 6.25. The second-order valence-electron chi connectivity index (χ2n) is 14.1. The molecule has 0 unspecified atom stereocenters. The molecule has 0 aliphatic carbocycles. The van der Waals surface area contributed by atoms with Crippen molar-refractivity contribution in [3.8, 4) is 44.8 Å². The number of rotatable bonds is 4. The summed E-state index contributed by atoms with van der Waals surface area (Å²) < 4.78 is 0. The molecule has 0 aliphatic heterocycles. The topological polar surface area (TPSA) is 25.8 Å². The van der Waals surface area contributed by atoms with Crippen molar-refractivity contribution < 1.29 is 0 Å². The Labute approximate surface area is 312 Å². The van der Waals surface area contributed by atoms with Crippen molar-refractivity contribution in [2.24, 2.45) is 0 Å². The van der Waals surface area contributed by atoms with Gasteiger partial charge in [-0.25, -0.2) is 9.97 Å². The monoisotopic (exact) mass is 684 g/mol. The molecule has 2 heterocycles. The molecule has 11 aromatic rings. The van der Waals surface area contributed by atoms with Crippen LogP contribution in [-0.2, 0) is 0 Å². The van der Waals surface area contributed by atoms with Gasteiger partial charge in [-0.05, 0) is 89.6 Å². The average molecular weight is 685 g/mol. The number of nitrogens with zero attached hydrogens (tertiary/aromatic N) is 2. The summed E-state index contributed by atoms with van der Waals surface area (Å²) in [7, 11) is 0. The zero-order valence-electron chi connectivity index (χ0n) is 29.4. The maximum atomic E-state index is 5.32. The van der Waals surface area contributed by atoms with Crippen LogP contribution in [0.4, 0.5) is 0 Å². The molecule has 0 atom stereocenters. The molecule has 0 aliphatic rings. The van der Waals surface area contributed by atoms with Crippen LogP contribution in [0.1, 0.15) is 0 Å². The molecule has 0 N–H and O–H groups in total. The van der Waals surface area contributed by atoms with Crippen LogP contribution < -0.4 is 0 Å². The molecule has 0 bridgehead atoms. The number of fused-ring (bicyclic) bond motifs is 10. The molecule has 54 heavy (non-hydrogen) atoms. The summed E-state index contributed by atoms with van der Waals surface area (Å²) in [4.78, 5) is 10.5. The van der Waals surface area contributed by atoms with Crippen LogP contribution in [0.5, 0.6) is 0 Å². The van der Waals surface area contributed by atoms with Crippen molar-refractivity contribution in [2.75, 3.05) is 0 Å². The van der Waals surface area contributed by atoms with Gasteiger partial charge in [0, 0.05) is 21.9 Å². The van der Waals surface area contributed by atoms with Crippen LogP contribution in [0, 0.1) is 0 Å². The van der Waals surface area contributed by atoms with Crippen LogP contribution in [0.15, 0.2) is 194 Å². The Hall–Kier alpha value is -7.16. The number of pyridine rings is 2. The molecule has 250 valence electrons. The van der Waals surface area contributed by atoms with Crippen molar-refractivity contribution in [2.45, 2.75) is 0 Å². The first-order valence-electron chi connectivity index (χ1n) is 18.5. The second-order valence-corrected chi connectivity index (χ2v) is 14.1. The maximum Gasteiger partial charge on any atom is 0.0972 e. The standard InChI is InChI=1S/C52H32N2/c1-2-11-33(12-3-1)49-29-24-34-21-22-35-25-30-50(54-52(35)51(34)53-49)47-28-27-39(40-15-4-8-19-44(40)47)38-14-10-13-36(31-38)37-23-26-46-43-18-6-5-16-41(43)42-17-7-9-20-45(42)48(46)32-37/h1-32H. The van der Waals surface area contributed by atoms with Crippen molar-refractivity contribution >= 4 is 64.9 Å². The predicted molar refractivity (Wildman–Crippen MR) is 229 cm³/mol. The first kappa shape index (κ1) is 30.5. The second kappa shape index (κ2) is 12.2. The highest BCUT2D eigenvalue weighted by atomic mass is 14.8. The molecule has 0 spiro atoms. The normalized spacial score (nSPS) is 11.7. The molecule has 9 aromatic carbocycles. The molecule has 0 radical (unpaired) electrons. The van der Waals surface area contributed by atoms with E-state index in [0.29, 0.717) is 0 Å². The minimum Gasteiger partial charge on any atom is -0.245 e.